The van der Waals surface area contributed by atoms with Crippen LogP contribution in [0.3, 0.4) is 0 Å². The predicted octanol–water partition coefficient (Wildman–Crippen LogP) is 2.69. The lowest BCUT2D eigenvalue weighted by Gasteiger charge is -2.61. The molecule has 0 spiro atoms. The van der Waals surface area contributed by atoms with E-state index in [-0.39, 0.29) is 16.7 Å². The van der Waals surface area contributed by atoms with E-state index in [1.54, 1.807) is 0 Å². The zero-order valence-corrected chi connectivity index (χ0v) is 15.7. The maximum atomic E-state index is 12.7. The van der Waals surface area contributed by atoms with Crippen LogP contribution in [0.2, 0.25) is 0 Å². The normalized spacial score (nSPS) is 33.7. The summed E-state index contributed by atoms with van der Waals surface area (Å²) in [4.78, 5) is 15.8. The fourth-order valence-corrected chi connectivity index (χ4v) is 6.74. The molecule has 0 radical (unpaired) electrons. The number of hydrogen-bond acceptors (Lipinski definition) is 4. The van der Waals surface area contributed by atoms with Crippen LogP contribution in [0.15, 0.2) is 17.1 Å². The van der Waals surface area contributed by atoms with Crippen molar-refractivity contribution in [1.82, 2.24) is 25.0 Å². The van der Waals surface area contributed by atoms with Crippen LogP contribution in [0.5, 0.6) is 0 Å². The first-order valence-corrected chi connectivity index (χ1v) is 10.1. The van der Waals surface area contributed by atoms with E-state index in [1.807, 2.05) is 12.3 Å². The number of fused-ring (bicyclic) bond motifs is 3. The van der Waals surface area contributed by atoms with E-state index in [9.17, 15) is 4.79 Å². The van der Waals surface area contributed by atoms with E-state index in [0.717, 1.165) is 43.0 Å². The summed E-state index contributed by atoms with van der Waals surface area (Å²) in [7, 11) is 0. The molecule has 3 aromatic rings. The summed E-state index contributed by atoms with van der Waals surface area (Å²) in [5.74, 6) is 3.95. The molecule has 0 aromatic carbocycles. The molecule has 4 atom stereocenters. The second kappa shape index (κ2) is 5.48. The van der Waals surface area contributed by atoms with Gasteiger partial charge in [0.25, 0.3) is 5.56 Å². The minimum Gasteiger partial charge on any atom is -0.374 e. The van der Waals surface area contributed by atoms with Crippen molar-refractivity contribution in [3.05, 3.63) is 22.6 Å². The predicted molar refractivity (Wildman–Crippen MR) is 105 cm³/mol. The molecule has 0 aliphatic heterocycles. The molecule has 4 saturated carbocycles. The molecule has 3 heterocycles. The number of terminal acetylenes is 1. The highest BCUT2D eigenvalue weighted by atomic mass is 16.5. The second-order valence-corrected chi connectivity index (χ2v) is 9.08. The van der Waals surface area contributed by atoms with E-state index in [0.29, 0.717) is 36.0 Å². The smallest absolute Gasteiger partial charge is 0.292 e. The summed E-state index contributed by atoms with van der Waals surface area (Å²) < 4.78 is 8.57. The topological polar surface area (TPSA) is 88.6 Å². The molecular weight excluding hydrogens is 354 g/mol. The van der Waals surface area contributed by atoms with Gasteiger partial charge < -0.3 is 9.72 Å². The van der Waals surface area contributed by atoms with Crippen molar-refractivity contribution >= 4 is 22.1 Å². The van der Waals surface area contributed by atoms with Gasteiger partial charge in [-0.2, -0.15) is 0 Å². The number of aromatic amines is 2. The van der Waals surface area contributed by atoms with Gasteiger partial charge in [0.2, 0.25) is 0 Å². The van der Waals surface area contributed by atoms with Crippen molar-refractivity contribution in [2.45, 2.75) is 56.1 Å². The van der Waals surface area contributed by atoms with E-state index in [1.165, 1.54) is 6.42 Å². The molecule has 144 valence electrons. The van der Waals surface area contributed by atoms with Gasteiger partial charge in [-0.05, 0) is 50.0 Å². The molecule has 4 aliphatic carbocycles. The van der Waals surface area contributed by atoms with Crippen LogP contribution in [0.4, 0.5) is 0 Å². The summed E-state index contributed by atoms with van der Waals surface area (Å²) in [6.45, 7) is 0.614. The van der Waals surface area contributed by atoms with Gasteiger partial charge in [0, 0.05) is 24.4 Å². The van der Waals surface area contributed by atoms with E-state index < -0.39 is 0 Å². The monoisotopic (exact) mass is 377 g/mol. The van der Waals surface area contributed by atoms with E-state index in [4.69, 9.17) is 11.2 Å². The molecular formula is C21H23N5O2. The zero-order valence-electron chi connectivity index (χ0n) is 15.7. The first-order chi connectivity index (χ1) is 13.6. The Balaban J connectivity index is 1.52. The van der Waals surface area contributed by atoms with Crippen LogP contribution < -0.4 is 5.56 Å². The first kappa shape index (κ1) is 16.4. The Morgan fingerprint density at radius 1 is 1.29 bits per heavy atom. The highest BCUT2D eigenvalue weighted by molar-refractivity contribution is 6.00. The Kier molecular flexibility index (Phi) is 3.20. The van der Waals surface area contributed by atoms with Crippen molar-refractivity contribution in [1.29, 1.82) is 0 Å². The van der Waals surface area contributed by atoms with Gasteiger partial charge in [-0.3, -0.25) is 14.6 Å². The molecule has 7 heteroatoms. The number of hydrogen-bond donors (Lipinski definition) is 2. The summed E-state index contributed by atoms with van der Waals surface area (Å²) in [6, 6.07) is 1.98. The summed E-state index contributed by atoms with van der Waals surface area (Å²) in [6.07, 6.45) is 14.5. The highest BCUT2D eigenvalue weighted by Crippen LogP contribution is 2.62. The van der Waals surface area contributed by atoms with Crippen molar-refractivity contribution in [3.63, 3.8) is 0 Å². The van der Waals surface area contributed by atoms with Gasteiger partial charge in [0.15, 0.2) is 11.2 Å². The molecule has 2 unspecified atom stereocenters. The Morgan fingerprint density at radius 2 is 2.11 bits per heavy atom. The second-order valence-electron chi connectivity index (χ2n) is 9.08. The van der Waals surface area contributed by atoms with E-state index >= 15 is 0 Å². The quantitative estimate of drug-likeness (QED) is 0.540. The number of H-pyrrole nitrogens is 2. The van der Waals surface area contributed by atoms with Crippen molar-refractivity contribution < 1.29 is 4.74 Å². The zero-order chi connectivity index (χ0) is 18.9. The minimum atomic E-state index is -0.163. The van der Waals surface area contributed by atoms with Crippen LogP contribution in [-0.4, -0.2) is 37.2 Å². The molecule has 0 saturated heterocycles. The van der Waals surface area contributed by atoms with Gasteiger partial charge in [0.05, 0.1) is 17.7 Å². The minimum absolute atomic E-state index is 0.119. The third-order valence-corrected chi connectivity index (χ3v) is 7.21. The number of nitrogens with zero attached hydrogens (tertiary/aromatic N) is 3. The van der Waals surface area contributed by atoms with Crippen LogP contribution >= 0.6 is 0 Å². The van der Waals surface area contributed by atoms with Gasteiger partial charge >= 0.3 is 0 Å². The number of aromatic nitrogens is 5. The summed E-state index contributed by atoms with van der Waals surface area (Å²) in [5, 5.41) is 12.5. The molecule has 4 bridgehead atoms. The number of rotatable bonds is 4. The SMILES string of the molecule is C#CCCOC12C[C@H]3C[C@@H](C1)CC(n1[nH]c(=O)c4nnc5[nH]ccc5c41)(C3)C2. The Hall–Kier alpha value is -2.59. The van der Waals surface area contributed by atoms with Crippen molar-refractivity contribution in [2.75, 3.05) is 6.61 Å². The lowest BCUT2D eigenvalue weighted by Crippen LogP contribution is -2.61. The van der Waals surface area contributed by atoms with Gasteiger partial charge in [-0.1, -0.05) is 0 Å². The maximum Gasteiger partial charge on any atom is 0.292 e. The third kappa shape index (κ3) is 2.12. The molecule has 4 aliphatic rings. The number of nitrogens with one attached hydrogen (secondary N) is 2. The molecule has 2 N–H and O–H groups in total. The Labute approximate surface area is 161 Å². The maximum absolute atomic E-state index is 12.7. The first-order valence-electron chi connectivity index (χ1n) is 10.1. The van der Waals surface area contributed by atoms with Crippen LogP contribution in [0.25, 0.3) is 22.1 Å². The fraction of sp³-hybridized carbons (Fsp3) is 0.571. The largest absolute Gasteiger partial charge is 0.374 e. The number of ether oxygens (including phenoxy) is 1. The lowest BCUT2D eigenvalue weighted by molar-refractivity contribution is -0.187. The van der Waals surface area contributed by atoms with Crippen molar-refractivity contribution in [2.24, 2.45) is 11.8 Å². The van der Waals surface area contributed by atoms with Gasteiger partial charge in [-0.25, -0.2) is 0 Å². The standard InChI is InChI=1S/C21H23N5O2/c1-2-3-6-28-21-10-13-7-14(11-21)9-20(8-13,12-21)26-17-15-4-5-22-18(15)24-23-16(17)19(27)25-26/h1,4-5,13-14H,3,6-12H2,(H,22,24)(H,25,27)/t13-,14+,20?,21?. The average Bonchev–Trinajstić information content (AvgIpc) is 3.25. The van der Waals surface area contributed by atoms with Crippen molar-refractivity contribution in [3.8, 4) is 12.3 Å². The molecule has 7 nitrogen and oxygen atoms in total. The highest BCUT2D eigenvalue weighted by Gasteiger charge is 2.59. The van der Waals surface area contributed by atoms with E-state index in [2.05, 4.69) is 30.9 Å². The summed E-state index contributed by atoms with van der Waals surface area (Å²) in [5.41, 5.74) is 1.59. The third-order valence-electron chi connectivity index (χ3n) is 7.21. The molecule has 4 fully saturated rings. The molecule has 28 heavy (non-hydrogen) atoms. The lowest BCUT2D eigenvalue weighted by atomic mass is 9.51. The molecule has 7 rings (SSSR count). The molecule has 3 aromatic heterocycles. The van der Waals surface area contributed by atoms with Crippen LogP contribution in [0, 0.1) is 24.2 Å². The van der Waals surface area contributed by atoms with Gasteiger partial charge in [0.1, 0.15) is 5.52 Å². The Bertz CT molecular complexity index is 1170. The average molecular weight is 377 g/mol. The van der Waals surface area contributed by atoms with Gasteiger partial charge in [-0.15, -0.1) is 22.5 Å². The van der Waals surface area contributed by atoms with Crippen LogP contribution in [-0.2, 0) is 10.3 Å². The molecule has 0 amide bonds. The fourth-order valence-electron chi connectivity index (χ4n) is 6.74. The Morgan fingerprint density at radius 3 is 2.89 bits per heavy atom. The summed E-state index contributed by atoms with van der Waals surface area (Å²) >= 11 is 0. The van der Waals surface area contributed by atoms with Crippen LogP contribution in [0.1, 0.15) is 44.9 Å².